The van der Waals surface area contributed by atoms with Crippen molar-refractivity contribution in [3.05, 3.63) is 94.1 Å². The minimum Gasteiger partial charge on any atom is -0.508 e. The van der Waals surface area contributed by atoms with Gasteiger partial charge in [0.25, 0.3) is 0 Å². The van der Waals surface area contributed by atoms with Gasteiger partial charge in [-0.25, -0.2) is 9.37 Å². The molecule has 0 saturated heterocycles. The molecule has 0 spiro atoms. The van der Waals surface area contributed by atoms with E-state index in [4.69, 9.17) is 23.2 Å². The van der Waals surface area contributed by atoms with E-state index in [1.807, 2.05) is 23.8 Å². The molecule has 0 saturated carbocycles. The summed E-state index contributed by atoms with van der Waals surface area (Å²) < 4.78 is 16.4. The third kappa shape index (κ3) is 4.66. The Bertz CT molecular complexity index is 1260. The molecule has 156 valence electrons. The fourth-order valence-corrected chi connectivity index (χ4v) is 3.82. The lowest BCUT2D eigenvalue weighted by Crippen LogP contribution is -1.95. The van der Waals surface area contributed by atoms with E-state index in [0.717, 1.165) is 22.4 Å². The van der Waals surface area contributed by atoms with Crippen LogP contribution in [0.3, 0.4) is 0 Å². The highest BCUT2D eigenvalue weighted by atomic mass is 35.5. The summed E-state index contributed by atoms with van der Waals surface area (Å²) in [7, 11) is 0. The molecule has 31 heavy (non-hydrogen) atoms. The summed E-state index contributed by atoms with van der Waals surface area (Å²) in [4.78, 5) is 4.68. The molecule has 0 radical (unpaired) electrons. The summed E-state index contributed by atoms with van der Waals surface area (Å²) in [6.07, 6.45) is 5.41. The minimum atomic E-state index is -0.325. The number of rotatable bonds is 5. The molecule has 6 heteroatoms. The number of benzene rings is 3. The Kier molecular flexibility index (Phi) is 6.12. The van der Waals surface area contributed by atoms with Crippen LogP contribution in [0, 0.1) is 5.82 Å². The molecular weight excluding hydrogens is 434 g/mol. The molecule has 3 aromatic carbocycles. The highest BCUT2D eigenvalue weighted by molar-refractivity contribution is 6.36. The van der Waals surface area contributed by atoms with E-state index in [1.165, 1.54) is 6.07 Å². The molecule has 1 N–H and O–H groups in total. The molecule has 0 unspecified atom stereocenters. The number of aromatic hydroxyl groups is 1. The topological polar surface area (TPSA) is 38.0 Å². The summed E-state index contributed by atoms with van der Waals surface area (Å²) in [5.41, 5.74) is 3.70. The largest absolute Gasteiger partial charge is 0.508 e. The third-order valence-corrected chi connectivity index (χ3v) is 5.51. The van der Waals surface area contributed by atoms with E-state index in [-0.39, 0.29) is 11.6 Å². The van der Waals surface area contributed by atoms with Gasteiger partial charge in [0, 0.05) is 28.9 Å². The Hall–Kier alpha value is -3.08. The number of hydrogen-bond donors (Lipinski definition) is 1. The fourth-order valence-electron chi connectivity index (χ4n) is 3.31. The number of halogens is 3. The number of phenolic OH excluding ortho intramolecular Hbond substituents is 1. The molecule has 1 aromatic heterocycles. The van der Waals surface area contributed by atoms with Gasteiger partial charge >= 0.3 is 0 Å². The van der Waals surface area contributed by atoms with E-state index < -0.39 is 0 Å². The standard InChI is InChI=1S/C25H19Cl2FN2O/c1-2-30-15-24(21-10-7-19(26)14-22(21)27)29-25(30)12-6-18-13-17(5-11-23(18)28)16-3-8-20(31)9-4-16/h3-15,31H,2H2,1H3/b12-6+. The Balaban J connectivity index is 1.67. The van der Waals surface area contributed by atoms with Gasteiger partial charge in [0.1, 0.15) is 17.4 Å². The first-order chi connectivity index (χ1) is 14.9. The molecule has 0 bridgehead atoms. The number of hydrogen-bond acceptors (Lipinski definition) is 2. The summed E-state index contributed by atoms with van der Waals surface area (Å²) in [6.45, 7) is 2.71. The number of aromatic nitrogens is 2. The van der Waals surface area contributed by atoms with Crippen molar-refractivity contribution in [2.24, 2.45) is 0 Å². The fraction of sp³-hybridized carbons (Fsp3) is 0.0800. The Morgan fingerprint density at radius 2 is 1.71 bits per heavy atom. The van der Waals surface area contributed by atoms with Gasteiger partial charge in [-0.2, -0.15) is 0 Å². The molecule has 4 aromatic rings. The Morgan fingerprint density at radius 3 is 2.42 bits per heavy atom. The minimum absolute atomic E-state index is 0.189. The van der Waals surface area contributed by atoms with Crippen LogP contribution in [0.1, 0.15) is 18.3 Å². The normalized spacial score (nSPS) is 11.4. The zero-order chi connectivity index (χ0) is 22.0. The van der Waals surface area contributed by atoms with Crippen molar-refractivity contribution in [3.8, 4) is 28.1 Å². The van der Waals surface area contributed by atoms with E-state index >= 15 is 0 Å². The average molecular weight is 453 g/mol. The van der Waals surface area contributed by atoms with E-state index in [2.05, 4.69) is 4.98 Å². The smallest absolute Gasteiger partial charge is 0.133 e. The first kappa shape index (κ1) is 21.2. The SMILES string of the molecule is CCn1cc(-c2ccc(Cl)cc2Cl)nc1/C=C/c1cc(-c2ccc(O)cc2)ccc1F. The quantitative estimate of drug-likeness (QED) is 0.339. The van der Waals surface area contributed by atoms with Crippen molar-refractivity contribution < 1.29 is 9.50 Å². The monoisotopic (exact) mass is 452 g/mol. The van der Waals surface area contributed by atoms with E-state index in [9.17, 15) is 9.50 Å². The lowest BCUT2D eigenvalue weighted by molar-refractivity contribution is 0.475. The maximum absolute atomic E-state index is 14.4. The second-order valence-corrected chi connectivity index (χ2v) is 7.85. The van der Waals surface area contributed by atoms with Crippen molar-refractivity contribution >= 4 is 35.4 Å². The number of aryl methyl sites for hydroxylation is 1. The first-order valence-corrected chi connectivity index (χ1v) is 10.5. The van der Waals surface area contributed by atoms with Crippen LogP contribution in [-0.2, 0) is 6.54 Å². The number of imidazole rings is 1. The van der Waals surface area contributed by atoms with Gasteiger partial charge < -0.3 is 9.67 Å². The lowest BCUT2D eigenvalue weighted by Gasteiger charge is -2.05. The van der Waals surface area contributed by atoms with Crippen molar-refractivity contribution in [1.82, 2.24) is 9.55 Å². The second kappa shape index (κ2) is 8.96. The molecule has 4 rings (SSSR count). The van der Waals surface area contributed by atoms with Crippen LogP contribution in [0.2, 0.25) is 10.0 Å². The predicted molar refractivity (Wildman–Crippen MR) is 126 cm³/mol. The summed E-state index contributed by atoms with van der Waals surface area (Å²) in [5.74, 6) is 0.557. The molecule has 0 aliphatic heterocycles. The van der Waals surface area contributed by atoms with Gasteiger partial charge in [-0.15, -0.1) is 0 Å². The van der Waals surface area contributed by atoms with Crippen LogP contribution >= 0.6 is 23.2 Å². The van der Waals surface area contributed by atoms with Gasteiger partial charge in [-0.1, -0.05) is 41.4 Å². The van der Waals surface area contributed by atoms with Crippen LogP contribution in [0.4, 0.5) is 4.39 Å². The van der Waals surface area contributed by atoms with Gasteiger partial charge in [-0.05, 0) is 72.7 Å². The van der Waals surface area contributed by atoms with Crippen LogP contribution < -0.4 is 0 Å². The van der Waals surface area contributed by atoms with Gasteiger partial charge in [0.05, 0.1) is 10.7 Å². The van der Waals surface area contributed by atoms with Crippen LogP contribution in [0.25, 0.3) is 34.5 Å². The van der Waals surface area contributed by atoms with E-state index in [1.54, 1.807) is 60.7 Å². The number of phenols is 1. The molecular formula is C25H19Cl2FN2O. The van der Waals surface area contributed by atoms with Gasteiger partial charge in [0.2, 0.25) is 0 Å². The molecule has 0 amide bonds. The molecule has 0 fully saturated rings. The van der Waals surface area contributed by atoms with Gasteiger partial charge in [-0.3, -0.25) is 0 Å². The highest BCUT2D eigenvalue weighted by Crippen LogP contribution is 2.30. The molecule has 0 atom stereocenters. The summed E-state index contributed by atoms with van der Waals surface area (Å²) >= 11 is 12.3. The third-order valence-electron chi connectivity index (χ3n) is 4.96. The van der Waals surface area contributed by atoms with Crippen molar-refractivity contribution in [2.45, 2.75) is 13.5 Å². The van der Waals surface area contributed by atoms with Crippen LogP contribution in [0.15, 0.2) is 66.9 Å². The highest BCUT2D eigenvalue weighted by Gasteiger charge is 2.11. The zero-order valence-electron chi connectivity index (χ0n) is 16.7. The molecule has 0 aliphatic carbocycles. The summed E-state index contributed by atoms with van der Waals surface area (Å²) in [5, 5.41) is 10.6. The van der Waals surface area contributed by atoms with Crippen LogP contribution in [-0.4, -0.2) is 14.7 Å². The van der Waals surface area contributed by atoms with Crippen molar-refractivity contribution in [3.63, 3.8) is 0 Å². The maximum atomic E-state index is 14.4. The summed E-state index contributed by atoms with van der Waals surface area (Å²) in [6, 6.07) is 17.0. The van der Waals surface area contributed by atoms with Crippen molar-refractivity contribution in [1.29, 1.82) is 0 Å². The Labute approximate surface area is 190 Å². The van der Waals surface area contributed by atoms with Crippen molar-refractivity contribution in [2.75, 3.05) is 0 Å². The van der Waals surface area contributed by atoms with Crippen LogP contribution in [0.5, 0.6) is 5.75 Å². The average Bonchev–Trinajstić information content (AvgIpc) is 3.16. The molecule has 1 heterocycles. The zero-order valence-corrected chi connectivity index (χ0v) is 18.2. The predicted octanol–water partition coefficient (Wildman–Crippen LogP) is 7.56. The van der Waals surface area contributed by atoms with E-state index in [0.29, 0.717) is 28.0 Å². The van der Waals surface area contributed by atoms with Gasteiger partial charge in [0.15, 0.2) is 0 Å². The first-order valence-electron chi connectivity index (χ1n) is 9.74. The molecule has 0 aliphatic rings. The molecule has 3 nitrogen and oxygen atoms in total. The number of nitrogens with zero attached hydrogens (tertiary/aromatic N) is 2. The second-order valence-electron chi connectivity index (χ2n) is 7.01. The lowest BCUT2D eigenvalue weighted by atomic mass is 10.0. The Morgan fingerprint density at radius 1 is 0.968 bits per heavy atom. The maximum Gasteiger partial charge on any atom is 0.133 e.